The Bertz CT molecular complexity index is 565. The summed E-state index contributed by atoms with van der Waals surface area (Å²) in [6.45, 7) is 1.17. The van der Waals surface area contributed by atoms with E-state index in [1.807, 2.05) is 0 Å². The Hall–Kier alpha value is -1.79. The maximum atomic E-state index is 12.5. The van der Waals surface area contributed by atoms with Gasteiger partial charge in [-0.25, -0.2) is 4.79 Å². The highest BCUT2D eigenvalue weighted by molar-refractivity contribution is 5.66. The zero-order valence-electron chi connectivity index (χ0n) is 11.9. The Labute approximate surface area is 126 Å². The van der Waals surface area contributed by atoms with Crippen LogP contribution in [0.1, 0.15) is 30.5 Å². The third kappa shape index (κ3) is 2.89. The summed E-state index contributed by atoms with van der Waals surface area (Å²) in [5.74, 6) is 0.398. The molecule has 1 aliphatic carbocycles. The first-order valence-electron chi connectivity index (χ1n) is 7.27. The van der Waals surface area contributed by atoms with Crippen LogP contribution in [0.4, 0.5) is 18.0 Å². The molecule has 1 saturated heterocycles. The molecule has 120 valence electrons. The molecule has 22 heavy (non-hydrogen) atoms. The number of halogens is 3. The molecule has 3 rings (SSSR count). The molecule has 4 nitrogen and oxygen atoms in total. The van der Waals surface area contributed by atoms with E-state index in [9.17, 15) is 18.0 Å². The number of amides is 1. The van der Waals surface area contributed by atoms with Gasteiger partial charge in [-0.2, -0.15) is 13.2 Å². The Morgan fingerprint density at radius 1 is 1.41 bits per heavy atom. The van der Waals surface area contributed by atoms with Crippen LogP contribution in [-0.2, 0) is 12.6 Å². The van der Waals surface area contributed by atoms with Crippen molar-refractivity contribution in [2.75, 3.05) is 13.1 Å². The number of hydrogen-bond donors (Lipinski definition) is 1. The molecule has 1 unspecified atom stereocenters. The number of likely N-dealkylation sites (tertiary alicyclic amines) is 1. The van der Waals surface area contributed by atoms with Gasteiger partial charge in [0.15, 0.2) is 0 Å². The van der Waals surface area contributed by atoms with Crippen LogP contribution >= 0.6 is 0 Å². The maximum absolute atomic E-state index is 12.5. The number of hydrogen-bond acceptors (Lipinski definition) is 2. The largest absolute Gasteiger partial charge is 0.465 e. The summed E-state index contributed by atoms with van der Waals surface area (Å²) in [5.41, 5.74) is 0.0438. The number of carbonyl (C=O) groups is 1. The van der Waals surface area contributed by atoms with E-state index < -0.39 is 18.0 Å². The molecule has 1 aliphatic heterocycles. The Kier molecular flexibility index (Phi) is 3.53. The molecule has 2 fully saturated rings. The van der Waals surface area contributed by atoms with Gasteiger partial charge >= 0.3 is 12.3 Å². The van der Waals surface area contributed by atoms with Crippen molar-refractivity contribution in [1.29, 1.82) is 0 Å². The van der Waals surface area contributed by atoms with Gasteiger partial charge in [-0.1, -0.05) is 6.07 Å². The number of aromatic nitrogens is 1. The SMILES string of the molecule is O=C(O)N1CC2(CCC(Cc3ccc(C(F)(F)F)nc3)C2)C1. The molecule has 2 aliphatic rings. The first-order valence-corrected chi connectivity index (χ1v) is 7.27. The van der Waals surface area contributed by atoms with Crippen LogP contribution in [0.5, 0.6) is 0 Å². The number of alkyl halides is 3. The summed E-state index contributed by atoms with van der Waals surface area (Å²) in [6.07, 6.45) is -0.330. The van der Waals surface area contributed by atoms with Crippen LogP contribution < -0.4 is 0 Å². The zero-order chi connectivity index (χ0) is 16.0. The second-order valence-electron chi connectivity index (χ2n) is 6.50. The van der Waals surface area contributed by atoms with Crippen LogP contribution in [0.15, 0.2) is 18.3 Å². The van der Waals surface area contributed by atoms with Crippen molar-refractivity contribution >= 4 is 6.09 Å². The third-order valence-corrected chi connectivity index (χ3v) is 4.77. The van der Waals surface area contributed by atoms with E-state index in [1.165, 1.54) is 17.2 Å². The lowest BCUT2D eigenvalue weighted by Crippen LogP contribution is -2.56. The molecule has 1 amide bonds. The molecule has 1 aromatic rings. The molecule has 0 bridgehead atoms. The second kappa shape index (κ2) is 5.14. The van der Waals surface area contributed by atoms with Crippen molar-refractivity contribution in [2.45, 2.75) is 31.9 Å². The Morgan fingerprint density at radius 3 is 2.68 bits per heavy atom. The molecule has 1 atom stereocenters. The molecule has 0 aromatic carbocycles. The van der Waals surface area contributed by atoms with E-state index in [0.29, 0.717) is 25.4 Å². The van der Waals surface area contributed by atoms with Crippen molar-refractivity contribution < 1.29 is 23.1 Å². The quantitative estimate of drug-likeness (QED) is 0.910. The summed E-state index contributed by atoms with van der Waals surface area (Å²) in [4.78, 5) is 15.7. The monoisotopic (exact) mass is 314 g/mol. The van der Waals surface area contributed by atoms with Crippen molar-refractivity contribution in [3.8, 4) is 0 Å². The van der Waals surface area contributed by atoms with Crippen LogP contribution in [0.25, 0.3) is 0 Å². The minimum Gasteiger partial charge on any atom is -0.465 e. The number of carboxylic acid groups (broad SMARTS) is 1. The molecule has 2 heterocycles. The van der Waals surface area contributed by atoms with E-state index in [0.717, 1.165) is 30.9 Å². The second-order valence-corrected chi connectivity index (χ2v) is 6.50. The number of nitrogens with zero attached hydrogens (tertiary/aromatic N) is 2. The highest BCUT2D eigenvalue weighted by Crippen LogP contribution is 2.49. The van der Waals surface area contributed by atoms with Crippen LogP contribution in [0.3, 0.4) is 0 Å². The van der Waals surface area contributed by atoms with Crippen LogP contribution in [0, 0.1) is 11.3 Å². The van der Waals surface area contributed by atoms with Gasteiger partial charge in [0.1, 0.15) is 5.69 Å². The topological polar surface area (TPSA) is 53.4 Å². The van der Waals surface area contributed by atoms with E-state index in [2.05, 4.69) is 4.98 Å². The fourth-order valence-corrected chi connectivity index (χ4v) is 3.73. The smallest absolute Gasteiger partial charge is 0.433 e. The maximum Gasteiger partial charge on any atom is 0.433 e. The lowest BCUT2D eigenvalue weighted by atomic mass is 9.77. The van der Waals surface area contributed by atoms with Gasteiger partial charge in [0.2, 0.25) is 0 Å². The molecular formula is C15H17F3N2O2. The summed E-state index contributed by atoms with van der Waals surface area (Å²) in [6, 6.07) is 2.51. The Morgan fingerprint density at radius 2 is 2.14 bits per heavy atom. The van der Waals surface area contributed by atoms with Crippen LogP contribution in [-0.4, -0.2) is 34.2 Å². The standard InChI is InChI=1S/C15H17F3N2O2/c16-15(17,18)12-2-1-11(7-19-12)5-10-3-4-14(6-10)8-20(9-14)13(21)22/h1-2,7,10H,3-6,8-9H2,(H,21,22). The highest BCUT2D eigenvalue weighted by Gasteiger charge is 2.49. The number of pyridine rings is 1. The van der Waals surface area contributed by atoms with Gasteiger partial charge in [-0.15, -0.1) is 0 Å². The zero-order valence-corrected chi connectivity index (χ0v) is 11.9. The minimum absolute atomic E-state index is 0.0996. The van der Waals surface area contributed by atoms with Crippen LogP contribution in [0.2, 0.25) is 0 Å². The van der Waals surface area contributed by atoms with Gasteiger partial charge in [-0.3, -0.25) is 4.98 Å². The van der Waals surface area contributed by atoms with Crippen molar-refractivity contribution in [3.05, 3.63) is 29.6 Å². The predicted molar refractivity (Wildman–Crippen MR) is 72.3 cm³/mol. The predicted octanol–water partition coefficient (Wildman–Crippen LogP) is 3.42. The first-order chi connectivity index (χ1) is 10.3. The van der Waals surface area contributed by atoms with E-state index >= 15 is 0 Å². The molecule has 1 saturated carbocycles. The lowest BCUT2D eigenvalue weighted by Gasteiger charge is -2.46. The molecule has 1 aromatic heterocycles. The molecular weight excluding hydrogens is 297 g/mol. The highest BCUT2D eigenvalue weighted by atomic mass is 19.4. The summed E-state index contributed by atoms with van der Waals surface area (Å²) in [5, 5.41) is 8.90. The lowest BCUT2D eigenvalue weighted by molar-refractivity contribution is -0.141. The average Bonchev–Trinajstić information content (AvgIpc) is 2.80. The normalized spacial score (nSPS) is 23.6. The molecule has 0 radical (unpaired) electrons. The fourth-order valence-electron chi connectivity index (χ4n) is 3.73. The fraction of sp³-hybridized carbons (Fsp3) is 0.600. The minimum atomic E-state index is -4.40. The number of rotatable bonds is 2. The van der Waals surface area contributed by atoms with Crippen molar-refractivity contribution in [3.63, 3.8) is 0 Å². The van der Waals surface area contributed by atoms with E-state index in [-0.39, 0.29) is 5.41 Å². The molecule has 1 spiro atoms. The molecule has 7 heteroatoms. The average molecular weight is 314 g/mol. The molecule has 1 N–H and O–H groups in total. The first kappa shape index (κ1) is 15.1. The summed E-state index contributed by atoms with van der Waals surface area (Å²) in [7, 11) is 0. The van der Waals surface area contributed by atoms with Gasteiger partial charge in [0, 0.05) is 24.7 Å². The Balaban J connectivity index is 1.56. The van der Waals surface area contributed by atoms with Gasteiger partial charge in [0.25, 0.3) is 0 Å². The van der Waals surface area contributed by atoms with Crippen molar-refractivity contribution in [1.82, 2.24) is 9.88 Å². The van der Waals surface area contributed by atoms with E-state index in [4.69, 9.17) is 5.11 Å². The summed E-state index contributed by atoms with van der Waals surface area (Å²) >= 11 is 0. The van der Waals surface area contributed by atoms with Gasteiger partial charge in [0.05, 0.1) is 0 Å². The van der Waals surface area contributed by atoms with E-state index in [1.54, 1.807) is 0 Å². The third-order valence-electron chi connectivity index (χ3n) is 4.77. The van der Waals surface area contributed by atoms with Gasteiger partial charge < -0.3 is 10.0 Å². The summed E-state index contributed by atoms with van der Waals surface area (Å²) < 4.78 is 37.4. The van der Waals surface area contributed by atoms with Gasteiger partial charge in [-0.05, 0) is 43.2 Å². The van der Waals surface area contributed by atoms with Crippen molar-refractivity contribution in [2.24, 2.45) is 11.3 Å².